The number of phenols is 2. The van der Waals surface area contributed by atoms with Crippen molar-refractivity contribution in [3.8, 4) is 56.3 Å². The highest BCUT2D eigenvalue weighted by Crippen LogP contribution is 2.76. The largest absolute Gasteiger partial charge is 0.507 e. The van der Waals surface area contributed by atoms with Crippen LogP contribution in [0.25, 0.3) is 44.8 Å². The maximum absolute atomic E-state index is 12.6. The monoisotopic (exact) mass is 796 g/mol. The van der Waals surface area contributed by atoms with Gasteiger partial charge in [0.15, 0.2) is 0 Å². The van der Waals surface area contributed by atoms with Crippen molar-refractivity contribution in [2.24, 2.45) is 32.5 Å². The van der Waals surface area contributed by atoms with Gasteiger partial charge in [0.25, 0.3) is 0 Å². The second-order valence-corrected chi connectivity index (χ2v) is 24.5. The van der Waals surface area contributed by atoms with E-state index in [1.54, 1.807) is 0 Å². The second-order valence-electron chi connectivity index (χ2n) is 24.5. The van der Waals surface area contributed by atoms with Crippen LogP contribution in [0.2, 0.25) is 0 Å². The highest BCUT2D eigenvalue weighted by Gasteiger charge is 2.66. The first-order valence-electron chi connectivity index (χ1n) is 23.1. The minimum Gasteiger partial charge on any atom is -0.507 e. The summed E-state index contributed by atoms with van der Waals surface area (Å²) in [6.45, 7) is 19.6. The molecule has 0 aliphatic heterocycles. The standard InChI is InChI=1S/C57H65NO2/c1-36-20-42(48(59)44(22-36)56-30-50(3)24-51(4,31-56)26-52(5,25-50)32-56)38-14-9-11-16-40(38)46-18-13-19-47(58-46)41-17-12-10-15-39(41)43-21-37(2)23-45(49(43)60)57-33-53(6)27-54(7,34-57)29-55(8,28-53)35-57/h9-23,59-60H,24-35H2,1-8H3. The van der Waals surface area contributed by atoms with Crippen molar-refractivity contribution in [2.45, 2.75) is 143 Å². The molecule has 0 atom stereocenters. The normalized spacial score (nSPS) is 37.2. The molecule has 60 heavy (non-hydrogen) atoms. The molecule has 0 amide bonds. The molecule has 8 bridgehead atoms. The molecule has 0 radical (unpaired) electrons. The summed E-state index contributed by atoms with van der Waals surface area (Å²) in [5.74, 6) is 0.906. The van der Waals surface area contributed by atoms with Crippen molar-refractivity contribution in [3.63, 3.8) is 0 Å². The minimum absolute atomic E-state index is 0.0144. The van der Waals surface area contributed by atoms with Crippen LogP contribution < -0.4 is 0 Å². The van der Waals surface area contributed by atoms with Crippen molar-refractivity contribution in [3.05, 3.63) is 113 Å². The van der Waals surface area contributed by atoms with Gasteiger partial charge in [-0.2, -0.15) is 0 Å². The van der Waals surface area contributed by atoms with Gasteiger partial charge in [-0.1, -0.05) is 108 Å². The lowest BCUT2D eigenvalue weighted by Gasteiger charge is -2.69. The van der Waals surface area contributed by atoms with Gasteiger partial charge in [0.1, 0.15) is 11.5 Å². The van der Waals surface area contributed by atoms with Crippen molar-refractivity contribution >= 4 is 0 Å². The fourth-order valence-corrected chi connectivity index (χ4v) is 18.5. The molecule has 3 nitrogen and oxygen atoms in total. The average Bonchev–Trinajstić information content (AvgIpc) is 3.12. The Kier molecular flexibility index (Phi) is 7.82. The Morgan fingerprint density at radius 3 is 0.983 bits per heavy atom. The zero-order valence-corrected chi connectivity index (χ0v) is 37.5. The predicted octanol–water partition coefficient (Wildman–Crippen LogP) is 15.1. The van der Waals surface area contributed by atoms with E-state index in [1.807, 2.05) is 0 Å². The van der Waals surface area contributed by atoms with E-state index in [-0.39, 0.29) is 10.8 Å². The fraction of sp³-hybridized carbons (Fsp3) is 0.491. The SMILES string of the molecule is Cc1cc(-c2ccccc2-c2cccc(-c3ccccc3-c3cc(C)cc(C45CC6(C)CC(C)(CC(C)(C6)C4)C5)c3O)n2)c(O)c(C23CC4(C)CC(C)(CC(C)(C4)C2)C3)c1. The number of aryl methyl sites for hydroxylation is 2. The van der Waals surface area contributed by atoms with E-state index in [0.29, 0.717) is 44.0 Å². The molecule has 0 saturated heterocycles. The first-order chi connectivity index (χ1) is 28.2. The molecule has 4 aromatic carbocycles. The van der Waals surface area contributed by atoms with E-state index in [1.165, 1.54) is 49.7 Å². The third kappa shape index (κ3) is 5.83. The van der Waals surface area contributed by atoms with Gasteiger partial charge in [0, 0.05) is 44.2 Å². The summed E-state index contributed by atoms with van der Waals surface area (Å²) < 4.78 is 0. The van der Waals surface area contributed by atoms with Crippen LogP contribution in [0.5, 0.6) is 11.5 Å². The van der Waals surface area contributed by atoms with Crippen LogP contribution in [0.4, 0.5) is 0 Å². The quantitative estimate of drug-likeness (QED) is 0.180. The molecule has 8 saturated carbocycles. The maximum atomic E-state index is 12.6. The lowest BCUT2D eigenvalue weighted by molar-refractivity contribution is -0.153. The zero-order valence-electron chi connectivity index (χ0n) is 37.5. The number of pyridine rings is 1. The molecule has 8 fully saturated rings. The molecule has 0 unspecified atom stereocenters. The van der Waals surface area contributed by atoms with Crippen LogP contribution in [0.3, 0.4) is 0 Å². The van der Waals surface area contributed by atoms with Crippen molar-refractivity contribution < 1.29 is 10.2 Å². The van der Waals surface area contributed by atoms with E-state index in [0.717, 1.165) is 94.4 Å². The van der Waals surface area contributed by atoms with Crippen molar-refractivity contribution in [2.75, 3.05) is 0 Å². The molecular weight excluding hydrogens is 731 g/mol. The lowest BCUT2D eigenvalue weighted by Crippen LogP contribution is -2.60. The topological polar surface area (TPSA) is 53.4 Å². The average molecular weight is 796 g/mol. The Hall–Kier alpha value is -4.37. The highest BCUT2D eigenvalue weighted by atomic mass is 16.3. The van der Waals surface area contributed by atoms with Gasteiger partial charge in [-0.25, -0.2) is 4.98 Å². The molecule has 3 heteroatoms. The molecule has 8 aliphatic carbocycles. The van der Waals surface area contributed by atoms with Crippen LogP contribution in [0.1, 0.15) is 141 Å². The molecular formula is C57H65NO2. The van der Waals surface area contributed by atoms with E-state index >= 15 is 0 Å². The van der Waals surface area contributed by atoms with Gasteiger partial charge in [-0.3, -0.25) is 0 Å². The minimum atomic E-state index is -0.0144. The van der Waals surface area contributed by atoms with E-state index in [2.05, 4.69) is 146 Å². The number of phenolic OH excluding ortho intramolecular Hbond substituents is 2. The molecule has 310 valence electrons. The third-order valence-electron chi connectivity index (χ3n) is 17.1. The van der Waals surface area contributed by atoms with Gasteiger partial charge in [0.2, 0.25) is 0 Å². The third-order valence-corrected chi connectivity index (χ3v) is 17.1. The van der Waals surface area contributed by atoms with Gasteiger partial charge in [0.05, 0.1) is 11.4 Å². The molecule has 2 N–H and O–H groups in total. The summed E-state index contributed by atoms with van der Waals surface area (Å²) in [7, 11) is 0. The lowest BCUT2D eigenvalue weighted by atomic mass is 9.35. The molecule has 13 rings (SSSR count). The number of nitrogens with zero attached hydrogens (tertiary/aromatic N) is 1. The van der Waals surface area contributed by atoms with Gasteiger partial charge in [-0.15, -0.1) is 0 Å². The predicted molar refractivity (Wildman–Crippen MR) is 246 cm³/mol. The summed E-state index contributed by atoms with van der Waals surface area (Å²) in [6.07, 6.45) is 14.7. The molecule has 0 spiro atoms. The van der Waals surface area contributed by atoms with Crippen LogP contribution >= 0.6 is 0 Å². The summed E-state index contributed by atoms with van der Waals surface area (Å²) in [6, 6.07) is 32.4. The number of hydrogen-bond acceptors (Lipinski definition) is 3. The summed E-state index contributed by atoms with van der Waals surface area (Å²) in [5, 5.41) is 25.2. The number of benzene rings is 4. The Balaban J connectivity index is 0.996. The number of aromatic nitrogens is 1. The van der Waals surface area contributed by atoms with Gasteiger partial charge >= 0.3 is 0 Å². The van der Waals surface area contributed by atoms with Crippen LogP contribution in [-0.4, -0.2) is 15.2 Å². The number of rotatable bonds is 6. The highest BCUT2D eigenvalue weighted by molar-refractivity contribution is 5.89. The molecule has 5 aromatic rings. The maximum Gasteiger partial charge on any atom is 0.127 e. The first-order valence-corrected chi connectivity index (χ1v) is 23.1. The van der Waals surface area contributed by atoms with Crippen LogP contribution in [-0.2, 0) is 10.8 Å². The zero-order chi connectivity index (χ0) is 41.9. The second kappa shape index (κ2) is 12.2. The van der Waals surface area contributed by atoms with E-state index in [9.17, 15) is 10.2 Å². The molecule has 8 aliphatic rings. The van der Waals surface area contributed by atoms with Crippen molar-refractivity contribution in [1.29, 1.82) is 0 Å². The van der Waals surface area contributed by atoms with Gasteiger partial charge < -0.3 is 10.2 Å². The Labute approximate surface area is 359 Å². The van der Waals surface area contributed by atoms with Crippen molar-refractivity contribution in [1.82, 2.24) is 4.98 Å². The summed E-state index contributed by atoms with van der Waals surface area (Å²) in [4.78, 5) is 5.43. The Bertz CT molecular complexity index is 2350. The Morgan fingerprint density at radius 1 is 0.367 bits per heavy atom. The Morgan fingerprint density at radius 2 is 0.667 bits per heavy atom. The van der Waals surface area contributed by atoms with Crippen LogP contribution in [0, 0.1) is 46.3 Å². The molecule has 1 aromatic heterocycles. The van der Waals surface area contributed by atoms with E-state index < -0.39 is 0 Å². The number of hydrogen-bond donors (Lipinski definition) is 2. The van der Waals surface area contributed by atoms with Gasteiger partial charge in [-0.05, 0) is 170 Å². The summed E-state index contributed by atoms with van der Waals surface area (Å²) >= 11 is 0. The smallest absolute Gasteiger partial charge is 0.127 e. The molecule has 1 heterocycles. The van der Waals surface area contributed by atoms with Crippen LogP contribution in [0.15, 0.2) is 91.0 Å². The number of aromatic hydroxyl groups is 2. The summed E-state index contributed by atoms with van der Waals surface area (Å²) in [5.41, 5.74) is 14.2. The van der Waals surface area contributed by atoms with E-state index in [4.69, 9.17) is 4.98 Å². The first kappa shape index (κ1) is 38.5. The fourth-order valence-electron chi connectivity index (χ4n) is 18.5.